The van der Waals surface area contributed by atoms with Crippen molar-refractivity contribution in [1.82, 2.24) is 14.6 Å². The average molecular weight is 374 g/mol. The summed E-state index contributed by atoms with van der Waals surface area (Å²) in [6.07, 6.45) is 1.81. The van der Waals surface area contributed by atoms with Crippen LogP contribution in [-0.4, -0.2) is 28.5 Å². The van der Waals surface area contributed by atoms with E-state index in [1.165, 1.54) is 0 Å². The van der Waals surface area contributed by atoms with Crippen LogP contribution in [0.2, 0.25) is 0 Å². The monoisotopic (exact) mass is 374 g/mol. The summed E-state index contributed by atoms with van der Waals surface area (Å²) in [7, 11) is 1.66. The van der Waals surface area contributed by atoms with E-state index in [0.717, 1.165) is 45.5 Å². The molecule has 0 bridgehead atoms. The lowest BCUT2D eigenvalue weighted by atomic mass is 10.1. The Morgan fingerprint density at radius 3 is 2.89 bits per heavy atom. The van der Waals surface area contributed by atoms with E-state index in [9.17, 15) is 0 Å². The third-order valence-electron chi connectivity index (χ3n) is 4.66. The summed E-state index contributed by atoms with van der Waals surface area (Å²) >= 11 is 0. The van der Waals surface area contributed by atoms with Crippen molar-refractivity contribution in [1.29, 1.82) is 0 Å². The van der Waals surface area contributed by atoms with Gasteiger partial charge in [0.1, 0.15) is 11.6 Å². The van der Waals surface area contributed by atoms with Crippen LogP contribution in [0.3, 0.4) is 0 Å². The van der Waals surface area contributed by atoms with Gasteiger partial charge in [-0.3, -0.25) is 0 Å². The number of aromatic nitrogens is 3. The Kier molecular flexibility index (Phi) is 3.97. The minimum Gasteiger partial charge on any atom is -0.496 e. The number of nitrogens with zero attached hydrogens (tertiary/aromatic N) is 3. The van der Waals surface area contributed by atoms with Crippen LogP contribution in [0.4, 0.5) is 5.82 Å². The molecule has 0 fully saturated rings. The number of nitrogens with one attached hydrogen (secondary N) is 1. The first kappa shape index (κ1) is 16.4. The van der Waals surface area contributed by atoms with Crippen molar-refractivity contribution in [3.8, 4) is 28.5 Å². The smallest absolute Gasteiger partial charge is 0.231 e. The molecule has 0 radical (unpaired) electrons. The molecule has 1 aliphatic heterocycles. The van der Waals surface area contributed by atoms with Crippen molar-refractivity contribution in [2.45, 2.75) is 6.54 Å². The van der Waals surface area contributed by atoms with Gasteiger partial charge >= 0.3 is 0 Å². The van der Waals surface area contributed by atoms with Crippen LogP contribution in [0.5, 0.6) is 17.2 Å². The highest BCUT2D eigenvalue weighted by molar-refractivity contribution is 5.69. The molecule has 7 nitrogen and oxygen atoms in total. The SMILES string of the molecule is COc1ccccc1-c1cnc2ccc(NCc3ccc4c(c3)OCO4)nn12. The summed E-state index contributed by atoms with van der Waals surface area (Å²) in [5, 5.41) is 8.06. The Labute approximate surface area is 161 Å². The number of hydrogen-bond donors (Lipinski definition) is 1. The molecule has 1 N–H and O–H groups in total. The zero-order valence-corrected chi connectivity index (χ0v) is 15.3. The van der Waals surface area contributed by atoms with Crippen molar-refractivity contribution in [3.05, 3.63) is 66.4 Å². The summed E-state index contributed by atoms with van der Waals surface area (Å²) < 4.78 is 18.1. The Balaban J connectivity index is 1.43. The second kappa shape index (κ2) is 6.77. The van der Waals surface area contributed by atoms with Gasteiger partial charge in [-0.25, -0.2) is 9.50 Å². The summed E-state index contributed by atoms with van der Waals surface area (Å²) in [4.78, 5) is 4.46. The van der Waals surface area contributed by atoms with Gasteiger partial charge in [0.15, 0.2) is 17.1 Å². The number of fused-ring (bicyclic) bond motifs is 2. The lowest BCUT2D eigenvalue weighted by Crippen LogP contribution is -2.05. The molecule has 2 aromatic carbocycles. The summed E-state index contributed by atoms with van der Waals surface area (Å²) in [6.45, 7) is 0.893. The van der Waals surface area contributed by atoms with Crippen molar-refractivity contribution in [2.75, 3.05) is 19.2 Å². The predicted octanol–water partition coefficient (Wildman–Crippen LogP) is 3.75. The van der Waals surface area contributed by atoms with E-state index in [1.54, 1.807) is 7.11 Å². The molecule has 0 spiro atoms. The lowest BCUT2D eigenvalue weighted by molar-refractivity contribution is 0.174. The average Bonchev–Trinajstić information content (AvgIpc) is 3.38. The first-order valence-electron chi connectivity index (χ1n) is 8.92. The lowest BCUT2D eigenvalue weighted by Gasteiger charge is -2.09. The third kappa shape index (κ3) is 2.87. The molecule has 0 saturated carbocycles. The molecule has 1 aliphatic rings. The van der Waals surface area contributed by atoms with Gasteiger partial charge in [-0.15, -0.1) is 5.10 Å². The Morgan fingerprint density at radius 1 is 1.07 bits per heavy atom. The molecule has 140 valence electrons. The standard InChI is InChI=1S/C21H18N4O3/c1-26-17-5-3-2-4-15(17)16-12-23-21-9-8-20(24-25(16)21)22-11-14-6-7-18-19(10-14)28-13-27-18/h2-10,12H,11,13H2,1H3,(H,22,24). The summed E-state index contributed by atoms with van der Waals surface area (Å²) in [6, 6.07) is 17.6. The van der Waals surface area contributed by atoms with Crippen LogP contribution in [0.15, 0.2) is 60.8 Å². The Bertz CT molecular complexity index is 1160. The minimum absolute atomic E-state index is 0.275. The molecule has 0 unspecified atom stereocenters. The highest BCUT2D eigenvalue weighted by atomic mass is 16.7. The number of imidazole rings is 1. The Hall–Kier alpha value is -3.74. The maximum Gasteiger partial charge on any atom is 0.231 e. The van der Waals surface area contributed by atoms with Crippen molar-refractivity contribution < 1.29 is 14.2 Å². The topological polar surface area (TPSA) is 69.9 Å². The first-order valence-corrected chi connectivity index (χ1v) is 8.92. The van der Waals surface area contributed by atoms with Crippen LogP contribution >= 0.6 is 0 Å². The van der Waals surface area contributed by atoms with E-state index in [2.05, 4.69) is 10.3 Å². The van der Waals surface area contributed by atoms with Gasteiger partial charge < -0.3 is 19.5 Å². The minimum atomic E-state index is 0.275. The van der Waals surface area contributed by atoms with Gasteiger partial charge in [0.05, 0.1) is 19.0 Å². The maximum absolute atomic E-state index is 5.48. The fourth-order valence-electron chi connectivity index (χ4n) is 3.25. The second-order valence-corrected chi connectivity index (χ2v) is 6.37. The number of hydrogen-bond acceptors (Lipinski definition) is 6. The predicted molar refractivity (Wildman–Crippen MR) is 105 cm³/mol. The Morgan fingerprint density at radius 2 is 1.96 bits per heavy atom. The highest BCUT2D eigenvalue weighted by Gasteiger charge is 2.14. The van der Waals surface area contributed by atoms with Crippen LogP contribution in [0.1, 0.15) is 5.56 Å². The molecule has 4 aromatic rings. The number of anilines is 1. The maximum atomic E-state index is 5.48. The van der Waals surface area contributed by atoms with Crippen LogP contribution in [0, 0.1) is 0 Å². The van der Waals surface area contributed by atoms with Gasteiger partial charge in [0.2, 0.25) is 6.79 Å². The van der Waals surface area contributed by atoms with E-state index >= 15 is 0 Å². The molecular formula is C21H18N4O3. The van der Waals surface area contributed by atoms with Gasteiger partial charge in [0.25, 0.3) is 0 Å². The number of benzene rings is 2. The van der Waals surface area contributed by atoms with Gasteiger partial charge in [0, 0.05) is 12.1 Å². The van der Waals surface area contributed by atoms with Crippen molar-refractivity contribution in [3.63, 3.8) is 0 Å². The molecule has 7 heteroatoms. The van der Waals surface area contributed by atoms with E-state index in [4.69, 9.17) is 19.3 Å². The summed E-state index contributed by atoms with van der Waals surface area (Å²) in [5.74, 6) is 3.09. The van der Waals surface area contributed by atoms with Crippen LogP contribution in [-0.2, 0) is 6.54 Å². The van der Waals surface area contributed by atoms with E-state index < -0.39 is 0 Å². The van der Waals surface area contributed by atoms with Gasteiger partial charge in [-0.1, -0.05) is 18.2 Å². The molecule has 5 rings (SSSR count). The van der Waals surface area contributed by atoms with E-state index in [1.807, 2.05) is 65.3 Å². The van der Waals surface area contributed by atoms with Gasteiger partial charge in [-0.2, -0.15) is 0 Å². The highest BCUT2D eigenvalue weighted by Crippen LogP contribution is 2.33. The van der Waals surface area contributed by atoms with Crippen LogP contribution in [0.25, 0.3) is 16.9 Å². The van der Waals surface area contributed by atoms with E-state index in [0.29, 0.717) is 6.54 Å². The normalized spacial score (nSPS) is 12.3. The molecule has 28 heavy (non-hydrogen) atoms. The fraction of sp³-hybridized carbons (Fsp3) is 0.143. The molecule has 0 atom stereocenters. The quantitative estimate of drug-likeness (QED) is 0.574. The molecule has 0 saturated heterocycles. The molecule has 2 aromatic heterocycles. The number of methoxy groups -OCH3 is 1. The molecule has 3 heterocycles. The zero-order chi connectivity index (χ0) is 18.9. The van der Waals surface area contributed by atoms with E-state index in [-0.39, 0.29) is 6.79 Å². The summed E-state index contributed by atoms with van der Waals surface area (Å²) in [5.41, 5.74) is 3.67. The first-order chi connectivity index (χ1) is 13.8. The number of rotatable bonds is 5. The third-order valence-corrected chi connectivity index (χ3v) is 4.66. The second-order valence-electron chi connectivity index (χ2n) is 6.37. The number of ether oxygens (including phenoxy) is 3. The zero-order valence-electron chi connectivity index (χ0n) is 15.3. The van der Waals surface area contributed by atoms with Crippen molar-refractivity contribution in [2.24, 2.45) is 0 Å². The molecule has 0 amide bonds. The fourth-order valence-corrected chi connectivity index (χ4v) is 3.25. The molecule has 0 aliphatic carbocycles. The number of para-hydroxylation sites is 1. The van der Waals surface area contributed by atoms with Crippen LogP contribution < -0.4 is 19.5 Å². The largest absolute Gasteiger partial charge is 0.496 e. The molecular weight excluding hydrogens is 356 g/mol. The van der Waals surface area contributed by atoms with Gasteiger partial charge in [-0.05, 0) is 42.0 Å². The van der Waals surface area contributed by atoms with Crippen molar-refractivity contribution >= 4 is 11.5 Å².